The first-order chi connectivity index (χ1) is 3.85. The summed E-state index contributed by atoms with van der Waals surface area (Å²) in [6.07, 6.45) is 0. The SMILES string of the molecule is [B]S(=O)(=O)N(C)S(=O)O. The molecule has 1 N–H and O–H groups in total. The van der Waals surface area contributed by atoms with Crippen LogP contribution in [0.25, 0.3) is 0 Å². The second kappa shape index (κ2) is 2.78. The molecule has 0 aromatic rings. The van der Waals surface area contributed by atoms with Gasteiger partial charge in [0.2, 0.25) is 11.3 Å². The third-order valence-corrected chi connectivity index (χ3v) is 2.74. The van der Waals surface area contributed by atoms with Gasteiger partial charge in [-0.05, 0) is 0 Å². The highest BCUT2D eigenvalue weighted by Gasteiger charge is 2.14. The summed E-state index contributed by atoms with van der Waals surface area (Å²) in [5.74, 6) is 0. The fourth-order valence-corrected chi connectivity index (χ4v) is 0.800. The van der Waals surface area contributed by atoms with Gasteiger partial charge in [-0.2, -0.15) is 0 Å². The second-order valence-corrected chi connectivity index (χ2v) is 4.00. The molecule has 0 aliphatic rings. The molecule has 0 saturated carbocycles. The van der Waals surface area contributed by atoms with Crippen molar-refractivity contribution in [2.45, 2.75) is 0 Å². The first-order valence-corrected chi connectivity index (χ1v) is 4.30. The third kappa shape index (κ3) is 2.94. The van der Waals surface area contributed by atoms with Gasteiger partial charge in [0.15, 0.2) is 9.87 Å². The van der Waals surface area contributed by atoms with E-state index < -0.39 is 21.1 Å². The lowest BCUT2D eigenvalue weighted by molar-refractivity contribution is 0.511. The van der Waals surface area contributed by atoms with Gasteiger partial charge in [-0.15, -0.1) is 3.71 Å². The lowest BCUT2D eigenvalue weighted by Crippen LogP contribution is -2.27. The Balaban J connectivity index is 4.43. The normalized spacial score (nSPS) is 15.9. The molecule has 0 aliphatic heterocycles. The maximum atomic E-state index is 10.1. The Hall–Kier alpha value is 0.0849. The van der Waals surface area contributed by atoms with E-state index in [0.29, 0.717) is 0 Å². The highest BCUT2D eigenvalue weighted by Crippen LogP contribution is 1.92. The summed E-state index contributed by atoms with van der Waals surface area (Å²) in [5.41, 5.74) is 0. The highest BCUT2D eigenvalue weighted by atomic mass is 32.3. The second-order valence-electron chi connectivity index (χ2n) is 1.19. The monoisotopic (exact) mass is 169 g/mol. The van der Waals surface area contributed by atoms with Crippen LogP contribution in [0.5, 0.6) is 0 Å². The van der Waals surface area contributed by atoms with Crippen LogP contribution >= 0.6 is 0 Å². The fourth-order valence-electron chi connectivity index (χ4n) is 0.0889. The highest BCUT2D eigenvalue weighted by molar-refractivity contribution is 8.15. The predicted molar refractivity (Wildman–Crippen MR) is 33.2 cm³/mol. The van der Waals surface area contributed by atoms with Gasteiger partial charge in [0, 0.05) is 7.05 Å². The van der Waals surface area contributed by atoms with E-state index >= 15 is 0 Å². The molecule has 0 heterocycles. The molecule has 0 rings (SSSR count). The van der Waals surface area contributed by atoms with Crippen LogP contribution < -0.4 is 0 Å². The maximum Gasteiger partial charge on any atom is 0.279 e. The summed E-state index contributed by atoms with van der Waals surface area (Å²) < 4.78 is 38.4. The average molecular weight is 169 g/mol. The van der Waals surface area contributed by atoms with E-state index in [9.17, 15) is 12.6 Å². The van der Waals surface area contributed by atoms with Crippen molar-refractivity contribution >= 4 is 28.3 Å². The summed E-state index contributed by atoms with van der Waals surface area (Å²) in [4.78, 5) is 0. The van der Waals surface area contributed by atoms with Crippen LogP contribution in [0.15, 0.2) is 0 Å². The molecule has 1 atom stereocenters. The molecule has 0 saturated heterocycles. The molecule has 0 aliphatic carbocycles. The zero-order valence-corrected chi connectivity index (χ0v) is 6.15. The van der Waals surface area contributed by atoms with Crippen molar-refractivity contribution in [1.29, 1.82) is 0 Å². The standard InChI is InChI=1S/CH4BNO4S2/c1-3(8(4)5)9(2,6)7/h1H3,(H,4,5). The zero-order valence-electron chi connectivity index (χ0n) is 4.51. The Morgan fingerprint density at radius 3 is 2.00 bits per heavy atom. The lowest BCUT2D eigenvalue weighted by Gasteiger charge is -2.06. The van der Waals surface area contributed by atoms with Gasteiger partial charge in [-0.1, -0.05) is 0 Å². The van der Waals surface area contributed by atoms with E-state index in [1.54, 1.807) is 0 Å². The molecular weight excluding hydrogens is 165 g/mol. The first-order valence-electron chi connectivity index (χ1n) is 1.73. The van der Waals surface area contributed by atoms with Gasteiger partial charge in [0.1, 0.15) is 0 Å². The van der Waals surface area contributed by atoms with Gasteiger partial charge < -0.3 is 0 Å². The zero-order chi connectivity index (χ0) is 7.65. The van der Waals surface area contributed by atoms with Crippen LogP contribution in [0.2, 0.25) is 0 Å². The Labute approximate surface area is 56.8 Å². The Kier molecular flexibility index (Phi) is 2.81. The molecule has 1 unspecified atom stereocenters. The minimum absolute atomic E-state index is 0.132. The molecule has 0 amide bonds. The summed E-state index contributed by atoms with van der Waals surface area (Å²) in [6.45, 7) is 0. The van der Waals surface area contributed by atoms with E-state index in [1.165, 1.54) is 0 Å². The largest absolute Gasteiger partial charge is 0.293 e. The topological polar surface area (TPSA) is 74.7 Å². The van der Waals surface area contributed by atoms with E-state index in [2.05, 4.69) is 7.12 Å². The van der Waals surface area contributed by atoms with Crippen LogP contribution in [0.3, 0.4) is 0 Å². The number of hydrogen-bond donors (Lipinski definition) is 1. The minimum Gasteiger partial charge on any atom is -0.293 e. The van der Waals surface area contributed by atoms with Crippen molar-refractivity contribution in [3.63, 3.8) is 0 Å². The van der Waals surface area contributed by atoms with Crippen molar-refractivity contribution in [3.8, 4) is 0 Å². The van der Waals surface area contributed by atoms with E-state index in [-0.39, 0.29) is 3.71 Å². The third-order valence-electron chi connectivity index (χ3n) is 0.578. The van der Waals surface area contributed by atoms with Crippen molar-refractivity contribution < 1.29 is 17.2 Å². The summed E-state index contributed by atoms with van der Waals surface area (Å²) in [5, 5.41) is 0. The molecule has 52 valence electrons. The van der Waals surface area contributed by atoms with Crippen molar-refractivity contribution in [2.75, 3.05) is 7.05 Å². The fraction of sp³-hybridized carbons (Fsp3) is 1.00. The molecule has 8 heteroatoms. The molecule has 5 nitrogen and oxygen atoms in total. The van der Waals surface area contributed by atoms with E-state index in [1.807, 2.05) is 0 Å². The van der Waals surface area contributed by atoms with E-state index in [0.717, 1.165) is 7.05 Å². The van der Waals surface area contributed by atoms with E-state index in [4.69, 9.17) is 4.55 Å². The van der Waals surface area contributed by atoms with Crippen LogP contribution in [0.1, 0.15) is 0 Å². The van der Waals surface area contributed by atoms with Gasteiger partial charge in [0.25, 0.3) is 7.12 Å². The first kappa shape index (κ1) is 9.08. The predicted octanol–water partition coefficient (Wildman–Crippen LogP) is -1.53. The van der Waals surface area contributed by atoms with Gasteiger partial charge in [-0.3, -0.25) is 4.55 Å². The Bertz CT molecular complexity index is 209. The summed E-state index contributed by atoms with van der Waals surface area (Å²) in [6, 6.07) is 0. The molecule has 0 aromatic carbocycles. The van der Waals surface area contributed by atoms with Crippen molar-refractivity contribution in [2.24, 2.45) is 0 Å². The van der Waals surface area contributed by atoms with Crippen LogP contribution in [0.4, 0.5) is 0 Å². The molecule has 0 spiro atoms. The van der Waals surface area contributed by atoms with Crippen LogP contribution in [0, 0.1) is 0 Å². The van der Waals surface area contributed by atoms with Crippen molar-refractivity contribution in [3.05, 3.63) is 0 Å². The number of hydrogen-bond acceptors (Lipinski definition) is 3. The maximum absolute atomic E-state index is 10.1. The van der Waals surface area contributed by atoms with Crippen molar-refractivity contribution in [1.82, 2.24) is 3.71 Å². The molecule has 9 heavy (non-hydrogen) atoms. The van der Waals surface area contributed by atoms with Crippen LogP contribution in [-0.2, 0) is 21.1 Å². The number of rotatable bonds is 2. The minimum atomic E-state index is -4.02. The molecule has 0 bridgehead atoms. The number of nitrogens with zero attached hydrogens (tertiary/aromatic N) is 1. The van der Waals surface area contributed by atoms with Gasteiger partial charge in [0.05, 0.1) is 0 Å². The smallest absolute Gasteiger partial charge is 0.279 e. The molecule has 0 fully saturated rings. The van der Waals surface area contributed by atoms with Gasteiger partial charge >= 0.3 is 0 Å². The quantitative estimate of drug-likeness (QED) is 0.401. The van der Waals surface area contributed by atoms with Crippen LogP contribution in [-0.4, -0.2) is 35.1 Å². The molecular formula is CH4BNO4S2. The Morgan fingerprint density at radius 1 is 1.67 bits per heavy atom. The summed E-state index contributed by atoms with van der Waals surface area (Å²) >= 11 is -2.56. The summed E-state index contributed by atoms with van der Waals surface area (Å²) in [7, 11) is 1.30. The lowest BCUT2D eigenvalue weighted by atomic mass is 10.8. The molecule has 0 aromatic heterocycles. The molecule has 2 radical (unpaired) electrons. The Morgan fingerprint density at radius 2 is 2.00 bits per heavy atom. The average Bonchev–Trinajstić information content (AvgIpc) is 1.62. The van der Waals surface area contributed by atoms with Gasteiger partial charge in [-0.25, -0.2) is 12.6 Å².